The Morgan fingerprint density at radius 1 is 0.960 bits per heavy atom. The Bertz CT molecular complexity index is 445. The Labute approximate surface area is 232 Å². The molecule has 0 unspecified atom stereocenters. The fourth-order valence-electron chi connectivity index (χ4n) is 1.78. The van der Waals surface area contributed by atoms with Crippen LogP contribution in [0, 0.1) is 0 Å². The number of aliphatic hydroxyl groups is 2. The molecule has 0 bridgehead atoms. The maximum Gasteiger partial charge on any atom is 1.00 e. The number of hydrogen-bond donors (Lipinski definition) is 2. The second-order valence-electron chi connectivity index (χ2n) is 3.99. The van der Waals surface area contributed by atoms with Gasteiger partial charge in [0.15, 0.2) is 6.29 Å². The third-order valence-corrected chi connectivity index (χ3v) is 3.53. The van der Waals surface area contributed by atoms with Crippen LogP contribution in [-0.4, -0.2) is 54.6 Å². The molecular weight excluding hydrogens is 430 g/mol. The van der Waals surface area contributed by atoms with E-state index in [0.717, 1.165) is 7.11 Å². The molecule has 2 N–H and O–H groups in total. The quantitative estimate of drug-likeness (QED) is 0.291. The molecule has 1 fully saturated rings. The van der Waals surface area contributed by atoms with Crippen LogP contribution >= 0.6 is 15.6 Å². The maximum atomic E-state index is 10.7. The van der Waals surface area contributed by atoms with Crippen molar-refractivity contribution >= 4 is 15.6 Å². The van der Waals surface area contributed by atoms with Gasteiger partial charge in [-0.05, 0) is 0 Å². The first-order valence-electron chi connectivity index (χ1n) is 5.36. The van der Waals surface area contributed by atoms with E-state index in [-0.39, 0.29) is 118 Å². The SMILES string of the molecule is CO[C@H]1O[C@H](CO)[C@H](OP(=O)([O-])[O-])[C@H](OP(=O)([O-])[O-])[C@H]1O.[Na+].[Na+].[Na+].[Na+]. The minimum Gasteiger partial charge on any atom is -0.790 e. The molecule has 1 heterocycles. The largest absolute Gasteiger partial charge is 1.00 e. The molecule has 0 aliphatic carbocycles. The van der Waals surface area contributed by atoms with E-state index < -0.39 is 53.0 Å². The van der Waals surface area contributed by atoms with Crippen molar-refractivity contribution in [3.05, 3.63) is 0 Å². The number of phosphoric ester groups is 2. The van der Waals surface area contributed by atoms with Crippen molar-refractivity contribution < 1.29 is 176 Å². The summed E-state index contributed by atoms with van der Waals surface area (Å²) in [5.74, 6) is 0. The Hall–Kier alpha value is 4.06. The van der Waals surface area contributed by atoms with E-state index in [2.05, 4.69) is 13.8 Å². The third-order valence-electron chi connectivity index (χ3n) is 2.53. The zero-order chi connectivity index (χ0) is 16.4. The first kappa shape index (κ1) is 36.4. The van der Waals surface area contributed by atoms with E-state index >= 15 is 0 Å². The monoisotopic (exact) mass is 442 g/mol. The second-order valence-corrected chi connectivity index (χ2v) is 6.20. The normalized spacial score (nSPS) is 29.3. The molecule has 1 aliphatic rings. The van der Waals surface area contributed by atoms with E-state index in [9.17, 15) is 33.8 Å². The average Bonchev–Trinajstić information content (AvgIpc) is 2.31. The zero-order valence-corrected chi connectivity index (χ0v) is 24.3. The maximum absolute atomic E-state index is 10.7. The van der Waals surface area contributed by atoms with Gasteiger partial charge in [0.2, 0.25) is 0 Å². The predicted molar refractivity (Wildman–Crippen MR) is 53.7 cm³/mol. The summed E-state index contributed by atoms with van der Waals surface area (Å²) in [5.41, 5.74) is 0. The van der Waals surface area contributed by atoms with Crippen LogP contribution < -0.4 is 138 Å². The molecule has 0 radical (unpaired) electrons. The Morgan fingerprint density at radius 2 is 1.36 bits per heavy atom. The fraction of sp³-hybridized carbons (Fsp3) is 1.00. The van der Waals surface area contributed by atoms with Crippen molar-refractivity contribution in [2.24, 2.45) is 0 Å². The molecule has 5 atom stereocenters. The van der Waals surface area contributed by atoms with Gasteiger partial charge in [0.25, 0.3) is 0 Å². The molecule has 0 saturated carbocycles. The molecule has 1 aliphatic heterocycles. The Balaban J connectivity index is -0.000000551. The van der Waals surface area contributed by atoms with Gasteiger partial charge in [-0.15, -0.1) is 0 Å². The van der Waals surface area contributed by atoms with Crippen LogP contribution in [0.25, 0.3) is 0 Å². The molecule has 18 heteroatoms. The molecule has 0 amide bonds. The molecule has 1 saturated heterocycles. The van der Waals surface area contributed by atoms with Gasteiger partial charge in [-0.1, -0.05) is 0 Å². The number of hydrogen-bond acceptors (Lipinski definition) is 12. The van der Waals surface area contributed by atoms with Gasteiger partial charge in [0, 0.05) is 7.11 Å². The average molecular weight is 442 g/mol. The van der Waals surface area contributed by atoms with Crippen LogP contribution in [0.5, 0.6) is 0 Å². The van der Waals surface area contributed by atoms with E-state index in [1.54, 1.807) is 0 Å². The van der Waals surface area contributed by atoms with Gasteiger partial charge >= 0.3 is 118 Å². The van der Waals surface area contributed by atoms with Crippen molar-refractivity contribution in [2.45, 2.75) is 30.7 Å². The summed E-state index contributed by atoms with van der Waals surface area (Å²) < 4.78 is 38.8. The van der Waals surface area contributed by atoms with Crippen molar-refractivity contribution in [3.63, 3.8) is 0 Å². The van der Waals surface area contributed by atoms with Crippen LogP contribution in [0.2, 0.25) is 0 Å². The molecule has 0 spiro atoms. The van der Waals surface area contributed by atoms with Crippen molar-refractivity contribution in [2.75, 3.05) is 13.7 Å². The van der Waals surface area contributed by atoms with E-state index in [0.29, 0.717) is 0 Å². The smallest absolute Gasteiger partial charge is 0.790 e. The third kappa shape index (κ3) is 13.2. The number of methoxy groups -OCH3 is 1. The zero-order valence-electron chi connectivity index (χ0n) is 14.5. The molecular formula is C7H12Na4O12P2. The summed E-state index contributed by atoms with van der Waals surface area (Å²) in [7, 11) is -10.3. The van der Waals surface area contributed by atoms with Gasteiger partial charge in [0.05, 0.1) is 22.3 Å². The molecule has 0 aromatic heterocycles. The molecule has 0 aromatic carbocycles. The van der Waals surface area contributed by atoms with E-state index in [1.807, 2.05) is 0 Å². The first-order chi connectivity index (χ1) is 9.48. The van der Waals surface area contributed by atoms with Gasteiger partial charge in [-0.2, -0.15) is 0 Å². The van der Waals surface area contributed by atoms with Crippen LogP contribution in [0.1, 0.15) is 0 Å². The summed E-state index contributed by atoms with van der Waals surface area (Å²) >= 11 is 0. The Kier molecular flexibility index (Phi) is 23.0. The first-order valence-corrected chi connectivity index (χ1v) is 8.28. The van der Waals surface area contributed by atoms with Crippen molar-refractivity contribution in [1.82, 2.24) is 0 Å². The topological polar surface area (TPSA) is 204 Å². The van der Waals surface area contributed by atoms with Gasteiger partial charge in [0.1, 0.15) is 24.4 Å². The van der Waals surface area contributed by atoms with Crippen LogP contribution in [-0.2, 0) is 27.7 Å². The predicted octanol–water partition coefficient (Wildman–Crippen LogP) is -16.8. The van der Waals surface area contributed by atoms with Crippen LogP contribution in [0.15, 0.2) is 0 Å². The summed E-state index contributed by atoms with van der Waals surface area (Å²) in [4.78, 5) is 42.6. The molecule has 1 rings (SSSR count). The number of phosphoric acid groups is 2. The minimum atomic E-state index is -5.67. The van der Waals surface area contributed by atoms with Crippen LogP contribution in [0.4, 0.5) is 0 Å². The minimum absolute atomic E-state index is 0. The molecule has 25 heavy (non-hydrogen) atoms. The summed E-state index contributed by atoms with van der Waals surface area (Å²) in [6.45, 7) is -0.931. The summed E-state index contributed by atoms with van der Waals surface area (Å²) in [6.07, 6.45) is -9.26. The van der Waals surface area contributed by atoms with Gasteiger partial charge < -0.3 is 57.4 Å². The van der Waals surface area contributed by atoms with Crippen LogP contribution in [0.3, 0.4) is 0 Å². The number of rotatable bonds is 6. The summed E-state index contributed by atoms with van der Waals surface area (Å²) in [6, 6.07) is 0. The fourth-order valence-corrected chi connectivity index (χ4v) is 2.88. The number of aliphatic hydroxyl groups excluding tert-OH is 2. The van der Waals surface area contributed by atoms with Crippen molar-refractivity contribution in [3.8, 4) is 0 Å². The van der Waals surface area contributed by atoms with Gasteiger partial charge in [-0.25, -0.2) is 0 Å². The second kappa shape index (κ2) is 15.8. The van der Waals surface area contributed by atoms with Gasteiger partial charge in [-0.3, -0.25) is 0 Å². The van der Waals surface area contributed by atoms with Crippen molar-refractivity contribution in [1.29, 1.82) is 0 Å². The summed E-state index contributed by atoms with van der Waals surface area (Å²) in [5, 5.41) is 18.8. The van der Waals surface area contributed by atoms with E-state index in [4.69, 9.17) is 9.84 Å². The Morgan fingerprint density at radius 3 is 1.68 bits per heavy atom. The number of ether oxygens (including phenoxy) is 2. The molecule has 126 valence electrons. The molecule has 12 nitrogen and oxygen atoms in total. The molecule has 0 aromatic rings. The van der Waals surface area contributed by atoms with E-state index in [1.165, 1.54) is 0 Å². The standard InChI is InChI=1S/C7H16O12P2.4Na/c1-16-7-4(9)6(19-21(13,14)15)5(3(2-8)17-7)18-20(10,11)12;;;;/h3-9H,2H2,1H3,(H2,10,11,12)(H2,13,14,15);;;;/q;4*+1/p-4/t3-,4-,5+,6-,7+;;;;/m1..../s1.